The van der Waals surface area contributed by atoms with Crippen LogP contribution in [0, 0.1) is 0 Å². The maximum absolute atomic E-state index is 13.6. The number of benzene rings is 3. The lowest BCUT2D eigenvalue weighted by atomic mass is 9.99. The Labute approximate surface area is 259 Å². The molecule has 0 bridgehead atoms. The van der Waals surface area contributed by atoms with Gasteiger partial charge < -0.3 is 26.2 Å². The number of nitrogens with one attached hydrogen (secondary N) is 3. The van der Waals surface area contributed by atoms with Gasteiger partial charge in [0, 0.05) is 37.9 Å². The number of carbonyl (C=O) groups excluding carboxylic acids is 2. The van der Waals surface area contributed by atoms with Crippen molar-refractivity contribution in [3.05, 3.63) is 114 Å². The molecular weight excluding hydrogens is 554 g/mol. The number of pyridine rings is 1. The number of aliphatic hydroxyl groups is 2. The van der Waals surface area contributed by atoms with Crippen molar-refractivity contribution in [2.24, 2.45) is 0 Å². The van der Waals surface area contributed by atoms with Crippen molar-refractivity contribution in [1.82, 2.24) is 25.8 Å². The van der Waals surface area contributed by atoms with Gasteiger partial charge in [0.15, 0.2) is 0 Å². The fourth-order valence-corrected chi connectivity index (χ4v) is 5.28. The first-order valence-electron chi connectivity index (χ1n) is 15.2. The van der Waals surface area contributed by atoms with E-state index >= 15 is 0 Å². The molecule has 2 atom stereocenters. The average Bonchev–Trinajstić information content (AvgIpc) is 3.05. The van der Waals surface area contributed by atoms with Gasteiger partial charge in [-0.1, -0.05) is 60.7 Å². The van der Waals surface area contributed by atoms with Crippen molar-refractivity contribution in [2.45, 2.75) is 44.9 Å². The summed E-state index contributed by atoms with van der Waals surface area (Å²) in [6.07, 6.45) is 2.77. The van der Waals surface area contributed by atoms with Gasteiger partial charge in [-0.15, -0.1) is 0 Å². The van der Waals surface area contributed by atoms with Crippen molar-refractivity contribution in [3.63, 3.8) is 0 Å². The maximum Gasteiger partial charge on any atom is 0.251 e. The molecule has 1 heterocycles. The Morgan fingerprint density at radius 2 is 1.55 bits per heavy atom. The molecule has 4 aromatic rings. The number of aliphatic hydroxyl groups excluding tert-OH is 2. The van der Waals surface area contributed by atoms with E-state index in [-0.39, 0.29) is 31.1 Å². The lowest BCUT2D eigenvalue weighted by Crippen LogP contribution is -2.47. The second kappa shape index (κ2) is 17.2. The van der Waals surface area contributed by atoms with Crippen molar-refractivity contribution < 1.29 is 19.8 Å². The number of hydrogen-bond donors (Lipinski definition) is 5. The van der Waals surface area contributed by atoms with Crippen LogP contribution >= 0.6 is 0 Å². The molecule has 44 heavy (non-hydrogen) atoms. The monoisotopic (exact) mass is 597 g/mol. The summed E-state index contributed by atoms with van der Waals surface area (Å²) in [4.78, 5) is 33.2. The molecule has 0 aliphatic rings. The predicted molar refractivity (Wildman–Crippen MR) is 173 cm³/mol. The topological polar surface area (TPSA) is 127 Å². The van der Waals surface area contributed by atoms with Crippen LogP contribution in [0.3, 0.4) is 0 Å². The molecule has 4 rings (SSSR count). The number of amides is 2. The molecule has 2 amide bonds. The van der Waals surface area contributed by atoms with Gasteiger partial charge in [0.1, 0.15) is 6.04 Å². The highest BCUT2D eigenvalue weighted by Crippen LogP contribution is 2.24. The molecule has 0 aliphatic heterocycles. The molecule has 1 aromatic heterocycles. The van der Waals surface area contributed by atoms with E-state index in [2.05, 4.69) is 20.9 Å². The summed E-state index contributed by atoms with van der Waals surface area (Å²) in [7, 11) is 0. The van der Waals surface area contributed by atoms with E-state index in [1.807, 2.05) is 84.6 Å². The molecule has 9 heteroatoms. The normalized spacial score (nSPS) is 12.6. The molecule has 0 aliphatic carbocycles. The minimum absolute atomic E-state index is 0.0160. The quantitative estimate of drug-likeness (QED) is 0.126. The number of carbonyl (C=O) groups is 2. The van der Waals surface area contributed by atoms with Crippen LogP contribution < -0.4 is 16.0 Å². The first-order valence-corrected chi connectivity index (χ1v) is 15.2. The standard InChI is InChI=1S/C35H43N5O4/c1-26(31-12-6-9-28-8-2-3-11-32(28)31)38-35(44)33(13-7-19-40(20-22-41)21-23-42)39-34(43)29-16-14-27(15-17-29)24-36-25-30-10-4-5-18-37-30/h2-6,8-12,14-18,26,33,36,41-42H,7,13,19-25H2,1H3,(H,38,44)(H,39,43)/t26?,33-/m0/s1. The van der Waals surface area contributed by atoms with E-state index in [9.17, 15) is 19.8 Å². The molecule has 5 N–H and O–H groups in total. The van der Waals surface area contributed by atoms with Crippen molar-refractivity contribution in [3.8, 4) is 0 Å². The van der Waals surface area contributed by atoms with Crippen LogP contribution in [0.2, 0.25) is 0 Å². The fourth-order valence-electron chi connectivity index (χ4n) is 5.28. The second-order valence-electron chi connectivity index (χ2n) is 10.9. The summed E-state index contributed by atoms with van der Waals surface area (Å²) >= 11 is 0. The Kier molecular flexibility index (Phi) is 12.8. The Morgan fingerprint density at radius 3 is 2.27 bits per heavy atom. The summed E-state index contributed by atoms with van der Waals surface area (Å²) in [6, 6.07) is 26.2. The summed E-state index contributed by atoms with van der Waals surface area (Å²) in [6.45, 7) is 4.65. The lowest BCUT2D eigenvalue weighted by Gasteiger charge is -2.24. The van der Waals surface area contributed by atoms with Crippen molar-refractivity contribution >= 4 is 22.6 Å². The lowest BCUT2D eigenvalue weighted by molar-refractivity contribution is -0.123. The van der Waals surface area contributed by atoms with Gasteiger partial charge in [-0.05, 0) is 72.5 Å². The third-order valence-corrected chi connectivity index (χ3v) is 7.65. The van der Waals surface area contributed by atoms with E-state index in [1.54, 1.807) is 18.3 Å². The van der Waals surface area contributed by atoms with Crippen LogP contribution in [0.4, 0.5) is 0 Å². The maximum atomic E-state index is 13.6. The molecule has 0 saturated carbocycles. The Hall–Kier alpha value is -4.15. The highest BCUT2D eigenvalue weighted by atomic mass is 16.3. The SMILES string of the molecule is CC(NC(=O)[C@H](CCCN(CCO)CCO)NC(=O)c1ccc(CNCc2ccccn2)cc1)c1cccc2ccccc12. The predicted octanol–water partition coefficient (Wildman–Crippen LogP) is 3.57. The Morgan fingerprint density at radius 1 is 0.818 bits per heavy atom. The van der Waals surface area contributed by atoms with Crippen LogP contribution in [0.1, 0.15) is 53.0 Å². The Bertz CT molecular complexity index is 1450. The zero-order valence-corrected chi connectivity index (χ0v) is 25.3. The summed E-state index contributed by atoms with van der Waals surface area (Å²) < 4.78 is 0. The molecule has 1 unspecified atom stereocenters. The van der Waals surface area contributed by atoms with E-state index in [0.717, 1.165) is 27.6 Å². The van der Waals surface area contributed by atoms with Crippen LogP contribution in [0.25, 0.3) is 10.8 Å². The van der Waals surface area contributed by atoms with Crippen molar-refractivity contribution in [2.75, 3.05) is 32.8 Å². The van der Waals surface area contributed by atoms with E-state index in [1.165, 1.54) is 0 Å². The summed E-state index contributed by atoms with van der Waals surface area (Å²) in [5, 5.41) is 30.3. The van der Waals surface area contributed by atoms with Crippen LogP contribution in [0.5, 0.6) is 0 Å². The van der Waals surface area contributed by atoms with Crippen LogP contribution in [-0.4, -0.2) is 70.8 Å². The van der Waals surface area contributed by atoms with E-state index in [0.29, 0.717) is 51.1 Å². The molecule has 0 fully saturated rings. The minimum atomic E-state index is -0.759. The molecule has 232 valence electrons. The van der Waals surface area contributed by atoms with Gasteiger partial charge in [0.05, 0.1) is 24.9 Å². The first kappa shape index (κ1) is 32.8. The van der Waals surface area contributed by atoms with Gasteiger partial charge in [0.2, 0.25) is 5.91 Å². The van der Waals surface area contributed by atoms with Gasteiger partial charge in [-0.3, -0.25) is 19.5 Å². The zero-order chi connectivity index (χ0) is 31.1. The molecule has 3 aromatic carbocycles. The summed E-state index contributed by atoms with van der Waals surface area (Å²) in [5.41, 5.74) is 3.47. The molecule has 0 spiro atoms. The average molecular weight is 598 g/mol. The third kappa shape index (κ3) is 9.68. The molecule has 9 nitrogen and oxygen atoms in total. The number of aromatic nitrogens is 1. The Balaban J connectivity index is 1.40. The third-order valence-electron chi connectivity index (χ3n) is 7.65. The zero-order valence-electron chi connectivity index (χ0n) is 25.3. The fraction of sp³-hybridized carbons (Fsp3) is 0.343. The number of fused-ring (bicyclic) bond motifs is 1. The highest BCUT2D eigenvalue weighted by molar-refractivity contribution is 5.97. The van der Waals surface area contributed by atoms with Crippen molar-refractivity contribution in [1.29, 1.82) is 0 Å². The van der Waals surface area contributed by atoms with E-state index < -0.39 is 6.04 Å². The molecule has 0 saturated heterocycles. The minimum Gasteiger partial charge on any atom is -0.395 e. The highest BCUT2D eigenvalue weighted by Gasteiger charge is 2.24. The first-order chi connectivity index (χ1) is 21.5. The van der Waals surface area contributed by atoms with Crippen LogP contribution in [0.15, 0.2) is 91.1 Å². The van der Waals surface area contributed by atoms with E-state index in [4.69, 9.17) is 0 Å². The van der Waals surface area contributed by atoms with Gasteiger partial charge in [-0.25, -0.2) is 0 Å². The second-order valence-corrected chi connectivity index (χ2v) is 10.9. The van der Waals surface area contributed by atoms with Gasteiger partial charge in [-0.2, -0.15) is 0 Å². The number of nitrogens with zero attached hydrogens (tertiary/aromatic N) is 2. The molecular formula is C35H43N5O4. The molecule has 0 radical (unpaired) electrons. The number of rotatable bonds is 17. The number of hydrogen-bond acceptors (Lipinski definition) is 7. The smallest absolute Gasteiger partial charge is 0.251 e. The summed E-state index contributed by atoms with van der Waals surface area (Å²) in [5.74, 6) is -0.580. The largest absolute Gasteiger partial charge is 0.395 e. The van der Waals surface area contributed by atoms with Crippen LogP contribution in [-0.2, 0) is 17.9 Å². The van der Waals surface area contributed by atoms with Gasteiger partial charge in [0.25, 0.3) is 5.91 Å². The van der Waals surface area contributed by atoms with Gasteiger partial charge >= 0.3 is 0 Å².